The van der Waals surface area contributed by atoms with Crippen LogP contribution in [-0.2, 0) is 10.0 Å². The molecule has 2 rings (SSSR count). The maximum absolute atomic E-state index is 12.1. The van der Waals surface area contributed by atoms with Crippen molar-refractivity contribution in [2.45, 2.75) is 37.5 Å². The van der Waals surface area contributed by atoms with Gasteiger partial charge in [0.15, 0.2) is 0 Å². The highest BCUT2D eigenvalue weighted by molar-refractivity contribution is 7.89. The van der Waals surface area contributed by atoms with Crippen molar-refractivity contribution in [3.8, 4) is 0 Å². The topological polar surface area (TPSA) is 85.1 Å². The van der Waals surface area contributed by atoms with Gasteiger partial charge in [-0.15, -0.1) is 0 Å². The monoisotopic (exact) mass is 269 g/mol. The number of hydrogen-bond acceptors (Lipinski definition) is 4. The van der Waals surface area contributed by atoms with Crippen molar-refractivity contribution < 1.29 is 8.42 Å². The molecule has 6 heteroatoms. The maximum Gasteiger partial charge on any atom is 0.244 e. The Labute approximate surface area is 108 Å². The smallest absolute Gasteiger partial charge is 0.244 e. The van der Waals surface area contributed by atoms with Crippen LogP contribution in [0.2, 0.25) is 0 Å². The van der Waals surface area contributed by atoms with E-state index in [1.165, 1.54) is 18.5 Å². The minimum Gasteiger partial charge on any atom is -0.398 e. The molecule has 1 heterocycles. The fourth-order valence-corrected chi connectivity index (χ4v) is 3.39. The summed E-state index contributed by atoms with van der Waals surface area (Å²) in [5.74, 6) is 0. The van der Waals surface area contributed by atoms with Crippen LogP contribution < -0.4 is 10.5 Å². The zero-order chi connectivity index (χ0) is 13.2. The van der Waals surface area contributed by atoms with Gasteiger partial charge >= 0.3 is 0 Å². The van der Waals surface area contributed by atoms with E-state index in [1.54, 1.807) is 0 Å². The number of aromatic nitrogens is 1. The van der Waals surface area contributed by atoms with Crippen molar-refractivity contribution >= 4 is 15.7 Å². The Morgan fingerprint density at radius 3 is 2.78 bits per heavy atom. The van der Waals surface area contributed by atoms with E-state index in [0.717, 1.165) is 25.7 Å². The van der Waals surface area contributed by atoms with Gasteiger partial charge < -0.3 is 5.73 Å². The Morgan fingerprint density at radius 1 is 1.50 bits per heavy atom. The summed E-state index contributed by atoms with van der Waals surface area (Å²) in [5.41, 5.74) is 6.07. The molecule has 1 aromatic heterocycles. The molecule has 0 unspecified atom stereocenters. The predicted octanol–water partition coefficient (Wildman–Crippen LogP) is 1.52. The molecule has 0 saturated heterocycles. The molecule has 0 aliphatic heterocycles. The Bertz CT molecular complexity index is 524. The maximum atomic E-state index is 12.1. The summed E-state index contributed by atoms with van der Waals surface area (Å²) in [6.45, 7) is 2.62. The van der Waals surface area contributed by atoms with Crippen LogP contribution in [0.15, 0.2) is 23.4 Å². The minimum atomic E-state index is -3.54. The largest absolute Gasteiger partial charge is 0.398 e. The van der Waals surface area contributed by atoms with Gasteiger partial charge in [-0.25, -0.2) is 13.1 Å². The molecule has 18 heavy (non-hydrogen) atoms. The van der Waals surface area contributed by atoms with Crippen LogP contribution in [-0.4, -0.2) is 19.9 Å². The molecule has 1 fully saturated rings. The van der Waals surface area contributed by atoms with Crippen LogP contribution >= 0.6 is 0 Å². The molecule has 1 saturated carbocycles. The van der Waals surface area contributed by atoms with E-state index in [0.29, 0.717) is 6.54 Å². The lowest BCUT2D eigenvalue weighted by Crippen LogP contribution is -2.30. The fourth-order valence-electron chi connectivity index (χ4n) is 2.16. The average molecular weight is 269 g/mol. The quantitative estimate of drug-likeness (QED) is 0.820. The third-order valence-electron chi connectivity index (χ3n) is 3.48. The van der Waals surface area contributed by atoms with Crippen LogP contribution in [0.25, 0.3) is 0 Å². The van der Waals surface area contributed by atoms with Crippen LogP contribution in [0.5, 0.6) is 0 Å². The molecule has 0 amide bonds. The van der Waals surface area contributed by atoms with Crippen molar-refractivity contribution in [1.29, 1.82) is 0 Å². The van der Waals surface area contributed by atoms with E-state index < -0.39 is 10.0 Å². The van der Waals surface area contributed by atoms with Gasteiger partial charge in [-0.2, -0.15) is 0 Å². The molecule has 1 aliphatic rings. The average Bonchev–Trinajstić information content (AvgIpc) is 3.08. The third kappa shape index (κ3) is 2.81. The Morgan fingerprint density at radius 2 is 2.22 bits per heavy atom. The number of hydrogen-bond donors (Lipinski definition) is 2. The molecule has 3 N–H and O–H groups in total. The molecule has 5 nitrogen and oxygen atoms in total. The van der Waals surface area contributed by atoms with Crippen molar-refractivity contribution in [3.63, 3.8) is 0 Å². The Hall–Kier alpha value is -1.14. The summed E-state index contributed by atoms with van der Waals surface area (Å²) >= 11 is 0. The van der Waals surface area contributed by atoms with Gasteiger partial charge in [0.1, 0.15) is 4.90 Å². The molecule has 0 atom stereocenters. The minimum absolute atomic E-state index is 0.0669. The summed E-state index contributed by atoms with van der Waals surface area (Å²) in [4.78, 5) is 3.88. The molecule has 0 radical (unpaired) electrons. The summed E-state index contributed by atoms with van der Waals surface area (Å²) in [6, 6.07) is 1.49. The first kappa shape index (κ1) is 13.3. The van der Waals surface area contributed by atoms with Crippen molar-refractivity contribution in [2.75, 3.05) is 12.3 Å². The SMILES string of the molecule is CCCC1(CNS(=O)(=O)c2cnccc2N)CC1. The molecule has 0 spiro atoms. The summed E-state index contributed by atoms with van der Waals surface area (Å²) < 4.78 is 26.9. The summed E-state index contributed by atoms with van der Waals surface area (Å²) in [5, 5.41) is 0. The molecular formula is C12H19N3O2S. The second-order valence-electron chi connectivity index (χ2n) is 4.99. The molecule has 0 bridgehead atoms. The predicted molar refractivity (Wildman–Crippen MR) is 70.4 cm³/mol. The normalized spacial score (nSPS) is 17.6. The van der Waals surface area contributed by atoms with Gasteiger partial charge in [0.25, 0.3) is 0 Å². The number of nitrogens with one attached hydrogen (secondary N) is 1. The number of nitrogens with two attached hydrogens (primary N) is 1. The first-order valence-electron chi connectivity index (χ1n) is 6.18. The lowest BCUT2D eigenvalue weighted by molar-refractivity contribution is 0.449. The molecule has 1 aliphatic carbocycles. The highest BCUT2D eigenvalue weighted by Crippen LogP contribution is 2.49. The number of anilines is 1. The van der Waals surface area contributed by atoms with E-state index in [4.69, 9.17) is 5.73 Å². The van der Waals surface area contributed by atoms with E-state index in [-0.39, 0.29) is 16.0 Å². The van der Waals surface area contributed by atoms with Crippen LogP contribution in [0.1, 0.15) is 32.6 Å². The van der Waals surface area contributed by atoms with Crippen LogP contribution in [0.4, 0.5) is 5.69 Å². The highest BCUT2D eigenvalue weighted by Gasteiger charge is 2.42. The van der Waals surface area contributed by atoms with Crippen molar-refractivity contribution in [3.05, 3.63) is 18.5 Å². The first-order chi connectivity index (χ1) is 8.49. The Balaban J connectivity index is 2.07. The second kappa shape index (κ2) is 4.85. The van der Waals surface area contributed by atoms with E-state index in [9.17, 15) is 8.42 Å². The van der Waals surface area contributed by atoms with Gasteiger partial charge in [0.05, 0.1) is 5.69 Å². The van der Waals surface area contributed by atoms with Gasteiger partial charge in [0, 0.05) is 18.9 Å². The van der Waals surface area contributed by atoms with Crippen molar-refractivity contribution in [2.24, 2.45) is 5.41 Å². The number of nitrogens with zero attached hydrogens (tertiary/aromatic N) is 1. The van der Waals surface area contributed by atoms with E-state index in [2.05, 4.69) is 16.6 Å². The van der Waals surface area contributed by atoms with E-state index in [1.807, 2.05) is 0 Å². The summed E-state index contributed by atoms with van der Waals surface area (Å²) in [6.07, 6.45) is 7.12. The summed E-state index contributed by atoms with van der Waals surface area (Å²) in [7, 11) is -3.54. The zero-order valence-corrected chi connectivity index (χ0v) is 11.3. The zero-order valence-electron chi connectivity index (χ0n) is 10.5. The first-order valence-corrected chi connectivity index (χ1v) is 7.67. The number of sulfonamides is 1. The van der Waals surface area contributed by atoms with Crippen LogP contribution in [0, 0.1) is 5.41 Å². The highest BCUT2D eigenvalue weighted by atomic mass is 32.2. The van der Waals surface area contributed by atoms with Crippen LogP contribution in [0.3, 0.4) is 0 Å². The standard InChI is InChI=1S/C12H19N3O2S/c1-2-4-12(5-6-12)9-15-18(16,17)11-8-14-7-3-10(11)13/h3,7-8,15H,2,4-6,9H2,1H3,(H2,13,14). The van der Waals surface area contributed by atoms with E-state index >= 15 is 0 Å². The lowest BCUT2D eigenvalue weighted by Gasteiger charge is -2.15. The van der Waals surface area contributed by atoms with Crippen molar-refractivity contribution in [1.82, 2.24) is 9.71 Å². The molecule has 100 valence electrons. The lowest BCUT2D eigenvalue weighted by atomic mass is 10.0. The number of nitrogen functional groups attached to an aromatic ring is 1. The molecule has 1 aromatic rings. The molecule has 0 aromatic carbocycles. The van der Waals surface area contributed by atoms with Gasteiger partial charge in [-0.05, 0) is 30.7 Å². The third-order valence-corrected chi connectivity index (χ3v) is 4.93. The molecular weight excluding hydrogens is 250 g/mol. The fraction of sp³-hybridized carbons (Fsp3) is 0.583. The van der Waals surface area contributed by atoms with Gasteiger partial charge in [0.2, 0.25) is 10.0 Å². The second-order valence-corrected chi connectivity index (χ2v) is 6.72. The Kier molecular flexibility index (Phi) is 3.59. The van der Waals surface area contributed by atoms with Gasteiger partial charge in [-0.1, -0.05) is 13.3 Å². The number of rotatable bonds is 6. The van der Waals surface area contributed by atoms with Gasteiger partial charge in [-0.3, -0.25) is 4.98 Å². The number of pyridine rings is 1.